The van der Waals surface area contributed by atoms with E-state index in [-0.39, 0.29) is 77.7 Å². The number of benzene rings is 2. The summed E-state index contributed by atoms with van der Waals surface area (Å²) in [4.78, 5) is 36.0. The van der Waals surface area contributed by atoms with E-state index in [2.05, 4.69) is 10.6 Å². The highest BCUT2D eigenvalue weighted by Crippen LogP contribution is 2.39. The molecule has 15 nitrogen and oxygen atoms in total. The standard InChI is InChI=1S/C22H32F3N3O3S.C15H19F3N2O2S.C12H23NO4.ClH/c1-15(2)11-17(26)13-21(29)27-10-4-6-19(14-27)28(18-8-9-18)32(30,31)20-7-3-5-16(12-20)22(23,24)25;16-15(17,18)11-3-1-5-14(9-11)23(21,22)20(12-6-7-12)13-4-2-8-19-10-13;1-8(2)6-9(7-10(14)15)13-11(16)17-12(3,4)5;/h3,5,7,12,15,17-19H,4,6,8-11,13-14,26H2,1-2H3;1,3,5,9,12-13,19H,2,4,6-8,10H2;8-9H,6-7H2,1-5H3,(H,13,16)(H,14,15);1H/t17-,19?;;9-;/m0.0./s1. The van der Waals surface area contributed by atoms with Gasteiger partial charge in [-0.05, 0) is 140 Å². The first-order chi connectivity index (χ1) is 33.3. The molecular formula is C49H75ClF6N6O9S2. The van der Waals surface area contributed by atoms with Crippen molar-refractivity contribution >= 4 is 50.4 Å². The molecule has 2 aromatic rings. The first-order valence-electron chi connectivity index (χ1n) is 24.7. The lowest BCUT2D eigenvalue weighted by Crippen LogP contribution is -2.53. The van der Waals surface area contributed by atoms with Crippen molar-refractivity contribution in [2.24, 2.45) is 17.6 Å². The zero-order valence-electron chi connectivity index (χ0n) is 42.7. The summed E-state index contributed by atoms with van der Waals surface area (Å²) in [6, 6.07) is 6.31. The number of nitrogens with one attached hydrogen (secondary N) is 2. The van der Waals surface area contributed by atoms with Gasteiger partial charge in [0.2, 0.25) is 26.0 Å². The first kappa shape index (κ1) is 63.6. The van der Waals surface area contributed by atoms with Gasteiger partial charge in [0.25, 0.3) is 0 Å². The molecule has 5 N–H and O–H groups in total. The van der Waals surface area contributed by atoms with Gasteiger partial charge in [-0.3, -0.25) is 9.59 Å². The molecule has 416 valence electrons. The Morgan fingerprint density at radius 2 is 1.23 bits per heavy atom. The van der Waals surface area contributed by atoms with Gasteiger partial charge in [-0.25, -0.2) is 21.6 Å². The molecular weight excluding hydrogens is 1030 g/mol. The van der Waals surface area contributed by atoms with Crippen LogP contribution in [0.3, 0.4) is 0 Å². The minimum absolute atomic E-state index is 0. The van der Waals surface area contributed by atoms with Crippen LogP contribution >= 0.6 is 12.4 Å². The molecule has 2 aliphatic carbocycles. The smallest absolute Gasteiger partial charge is 0.416 e. The Morgan fingerprint density at radius 1 is 0.753 bits per heavy atom. The number of piperidine rings is 2. The number of nitrogens with zero attached hydrogens (tertiary/aromatic N) is 3. The van der Waals surface area contributed by atoms with E-state index in [4.69, 9.17) is 15.6 Å². The summed E-state index contributed by atoms with van der Waals surface area (Å²) in [5.41, 5.74) is 3.58. The number of carbonyl (C=O) groups is 3. The normalized spacial score (nSPS) is 19.7. The lowest BCUT2D eigenvalue weighted by molar-refractivity contribution is -0.138. The molecule has 24 heteroatoms. The summed E-state index contributed by atoms with van der Waals surface area (Å²) in [5.74, 6) is -0.342. The molecule has 4 aliphatic rings. The van der Waals surface area contributed by atoms with E-state index in [0.29, 0.717) is 63.1 Å². The van der Waals surface area contributed by atoms with Gasteiger partial charge >= 0.3 is 24.4 Å². The van der Waals surface area contributed by atoms with Crippen LogP contribution in [0, 0.1) is 11.8 Å². The second-order valence-corrected chi connectivity index (χ2v) is 24.7. The molecule has 73 heavy (non-hydrogen) atoms. The van der Waals surface area contributed by atoms with Gasteiger partial charge in [0, 0.05) is 62.3 Å². The van der Waals surface area contributed by atoms with Crippen LogP contribution in [0.25, 0.3) is 0 Å². The fraction of sp³-hybridized carbons (Fsp3) is 0.694. The van der Waals surface area contributed by atoms with E-state index in [1.54, 1.807) is 25.7 Å². The second kappa shape index (κ2) is 26.8. The number of amides is 2. The first-order valence-corrected chi connectivity index (χ1v) is 27.5. The van der Waals surface area contributed by atoms with Gasteiger partial charge in [0.05, 0.1) is 27.3 Å². The number of carboxylic acids is 1. The maximum atomic E-state index is 13.4. The number of likely N-dealkylation sites (tertiary alicyclic amines) is 1. The van der Waals surface area contributed by atoms with Gasteiger partial charge in [-0.2, -0.15) is 35.0 Å². The molecule has 2 heterocycles. The van der Waals surface area contributed by atoms with Crippen LogP contribution in [0.5, 0.6) is 0 Å². The summed E-state index contributed by atoms with van der Waals surface area (Å²) >= 11 is 0. The molecule has 4 atom stereocenters. The lowest BCUT2D eigenvalue weighted by Gasteiger charge is -2.39. The second-order valence-electron chi connectivity index (χ2n) is 21.0. The molecule has 2 saturated carbocycles. The molecule has 2 saturated heterocycles. The zero-order chi connectivity index (χ0) is 54.0. The Bertz CT molecular complexity index is 2340. The van der Waals surface area contributed by atoms with Crippen LogP contribution in [-0.4, -0.2) is 121 Å². The number of ether oxygens (including phenoxy) is 1. The fourth-order valence-electron chi connectivity index (χ4n) is 8.88. The zero-order valence-corrected chi connectivity index (χ0v) is 45.1. The molecule has 2 unspecified atom stereocenters. The monoisotopic (exact) mass is 1100 g/mol. The summed E-state index contributed by atoms with van der Waals surface area (Å²) in [6.07, 6.45) is -2.60. The van der Waals surface area contributed by atoms with Crippen molar-refractivity contribution in [3.8, 4) is 0 Å². The van der Waals surface area contributed by atoms with Crippen LogP contribution in [0.2, 0.25) is 0 Å². The third kappa shape index (κ3) is 20.4. The predicted octanol–water partition coefficient (Wildman–Crippen LogP) is 9.05. The number of nitrogens with two attached hydrogens (primary N) is 1. The molecule has 0 aromatic heterocycles. The Balaban J connectivity index is 0.000000303. The van der Waals surface area contributed by atoms with E-state index in [1.807, 2.05) is 27.7 Å². The van der Waals surface area contributed by atoms with Gasteiger partial charge in [-0.15, -0.1) is 12.4 Å². The number of alkyl halides is 6. The van der Waals surface area contributed by atoms with Gasteiger partial charge in [-0.1, -0.05) is 39.8 Å². The van der Waals surface area contributed by atoms with E-state index in [9.17, 15) is 57.6 Å². The molecule has 0 bridgehead atoms. The van der Waals surface area contributed by atoms with E-state index >= 15 is 0 Å². The van der Waals surface area contributed by atoms with Crippen LogP contribution in [0.15, 0.2) is 58.3 Å². The Hall–Kier alpha value is -3.74. The van der Waals surface area contributed by atoms with Crippen molar-refractivity contribution in [2.45, 2.75) is 190 Å². The number of aliphatic carboxylic acids is 1. The van der Waals surface area contributed by atoms with E-state index in [1.165, 1.54) is 20.7 Å². The van der Waals surface area contributed by atoms with Gasteiger partial charge in [0.15, 0.2) is 0 Å². The number of rotatable bonds is 17. The maximum Gasteiger partial charge on any atom is 0.416 e. The third-order valence-corrected chi connectivity index (χ3v) is 16.1. The highest BCUT2D eigenvalue weighted by molar-refractivity contribution is 7.89. The fourth-order valence-corrected chi connectivity index (χ4v) is 12.8. The summed E-state index contributed by atoms with van der Waals surface area (Å²) in [6.45, 7) is 15.5. The van der Waals surface area contributed by atoms with E-state index < -0.39 is 67.2 Å². The van der Waals surface area contributed by atoms with Crippen molar-refractivity contribution in [1.82, 2.24) is 24.1 Å². The Labute approximate surface area is 433 Å². The summed E-state index contributed by atoms with van der Waals surface area (Å²) < 4.78 is 139. The SMILES string of the molecule is CC(C)C[C@@H](CC(=O)O)NC(=O)OC(C)(C)C.CC(C)C[C@H](N)CC(=O)N1CCCC(N(C2CC2)S(=O)(=O)c2cccc(C(F)(F)F)c2)C1.Cl.O=S(=O)(c1cccc(C(F)(F)F)c1)N(C1CC1)C1CCCNC1. The van der Waals surface area contributed by atoms with Crippen molar-refractivity contribution in [2.75, 3.05) is 26.2 Å². The molecule has 6 rings (SSSR count). The molecule has 2 aromatic carbocycles. The highest BCUT2D eigenvalue weighted by Gasteiger charge is 2.46. The summed E-state index contributed by atoms with van der Waals surface area (Å²) in [7, 11) is -8.06. The maximum absolute atomic E-state index is 13.4. The predicted molar refractivity (Wildman–Crippen MR) is 267 cm³/mol. The number of carboxylic acid groups (broad SMARTS) is 1. The van der Waals surface area contributed by atoms with Crippen molar-refractivity contribution in [3.63, 3.8) is 0 Å². The molecule has 4 fully saturated rings. The largest absolute Gasteiger partial charge is 0.481 e. The molecule has 2 aliphatic heterocycles. The van der Waals surface area contributed by atoms with Crippen LogP contribution in [0.4, 0.5) is 31.1 Å². The number of hydrogen-bond donors (Lipinski definition) is 4. The average molecular weight is 1110 g/mol. The third-order valence-electron chi connectivity index (χ3n) is 12.1. The van der Waals surface area contributed by atoms with E-state index in [0.717, 1.165) is 69.0 Å². The van der Waals surface area contributed by atoms with Crippen molar-refractivity contribution in [1.29, 1.82) is 0 Å². The molecule has 0 radical (unpaired) electrons. The number of carbonyl (C=O) groups excluding carboxylic acids is 2. The number of sulfonamides is 2. The number of hydrogen-bond acceptors (Lipinski definition) is 10. The topological polar surface area (TPSA) is 209 Å². The number of halogens is 7. The van der Waals surface area contributed by atoms with Gasteiger partial charge in [0.1, 0.15) is 5.60 Å². The van der Waals surface area contributed by atoms with Gasteiger partial charge < -0.3 is 31.1 Å². The van der Waals surface area contributed by atoms with Crippen molar-refractivity contribution < 1.29 is 67.4 Å². The number of alkyl carbamates (subject to hydrolysis) is 1. The summed E-state index contributed by atoms with van der Waals surface area (Å²) in [5, 5.41) is 14.5. The highest BCUT2D eigenvalue weighted by atomic mass is 35.5. The Kier molecular flexibility index (Phi) is 23.4. The minimum atomic E-state index is -4.63. The van der Waals surface area contributed by atoms with Crippen LogP contribution in [0.1, 0.15) is 137 Å². The molecule has 0 spiro atoms. The minimum Gasteiger partial charge on any atom is -0.481 e. The quantitative estimate of drug-likeness (QED) is 0.110. The molecule has 2 amide bonds. The van der Waals surface area contributed by atoms with Crippen LogP contribution < -0.4 is 16.4 Å². The van der Waals surface area contributed by atoms with Crippen LogP contribution in [-0.2, 0) is 46.7 Å². The van der Waals surface area contributed by atoms with Crippen molar-refractivity contribution in [3.05, 3.63) is 59.7 Å². The lowest BCUT2D eigenvalue weighted by atomic mass is 10.00. The Morgan fingerprint density at radius 3 is 1.64 bits per heavy atom. The average Bonchev–Trinajstić information content (AvgIpc) is 4.21.